The number of nitrogens with zero attached hydrogens (tertiary/aromatic N) is 3. The quantitative estimate of drug-likeness (QED) is 0.891. The van der Waals surface area contributed by atoms with E-state index in [2.05, 4.69) is 28.6 Å². The highest BCUT2D eigenvalue weighted by atomic mass is 15.3. The summed E-state index contributed by atoms with van der Waals surface area (Å²) in [6, 6.07) is 0.588. The van der Waals surface area contributed by atoms with Gasteiger partial charge in [-0.15, -0.1) is 10.2 Å². The lowest BCUT2D eigenvalue weighted by molar-refractivity contribution is 0.225. The topological polar surface area (TPSA) is 56.7 Å². The zero-order chi connectivity index (χ0) is 13.5. The van der Waals surface area contributed by atoms with Gasteiger partial charge in [0.25, 0.3) is 0 Å². The number of aryl methyl sites for hydroxylation is 1. The molecular formula is C15H26N4. The number of rotatable bonds is 2. The second-order valence-corrected chi connectivity index (χ2v) is 6.72. The fraction of sp³-hybridized carbons (Fsp3) is 0.867. The van der Waals surface area contributed by atoms with Crippen molar-refractivity contribution < 1.29 is 0 Å². The van der Waals surface area contributed by atoms with Crippen LogP contribution < -0.4 is 5.73 Å². The third-order valence-electron chi connectivity index (χ3n) is 5.17. The van der Waals surface area contributed by atoms with Crippen molar-refractivity contribution in [3.8, 4) is 0 Å². The molecule has 0 spiro atoms. The summed E-state index contributed by atoms with van der Waals surface area (Å²) in [6.45, 7) is 4.40. The van der Waals surface area contributed by atoms with Gasteiger partial charge in [-0.05, 0) is 51.4 Å². The minimum absolute atomic E-state index is 0.240. The summed E-state index contributed by atoms with van der Waals surface area (Å²) in [7, 11) is 0. The lowest BCUT2D eigenvalue weighted by Gasteiger charge is -2.36. The summed E-state index contributed by atoms with van der Waals surface area (Å²) < 4.78 is 2.36. The van der Waals surface area contributed by atoms with Gasteiger partial charge in [0.15, 0.2) is 5.82 Å². The monoisotopic (exact) mass is 262 g/mol. The van der Waals surface area contributed by atoms with Gasteiger partial charge in [0.05, 0.1) is 5.54 Å². The van der Waals surface area contributed by atoms with E-state index in [0.717, 1.165) is 30.4 Å². The molecular weight excluding hydrogens is 236 g/mol. The lowest BCUT2D eigenvalue weighted by Crippen LogP contribution is -2.43. The van der Waals surface area contributed by atoms with E-state index in [1.54, 1.807) is 0 Å². The Bertz CT molecular complexity index is 437. The minimum atomic E-state index is -0.240. The fourth-order valence-corrected chi connectivity index (χ4v) is 3.81. The van der Waals surface area contributed by atoms with Crippen molar-refractivity contribution in [3.05, 3.63) is 11.6 Å². The molecule has 4 nitrogen and oxygen atoms in total. The molecule has 0 saturated heterocycles. The van der Waals surface area contributed by atoms with E-state index in [4.69, 9.17) is 5.73 Å². The molecule has 19 heavy (non-hydrogen) atoms. The molecule has 0 radical (unpaired) electrons. The van der Waals surface area contributed by atoms with Gasteiger partial charge in [0.2, 0.25) is 0 Å². The Kier molecular flexibility index (Phi) is 3.37. The molecule has 1 aromatic heterocycles. The molecule has 0 atom stereocenters. The highest BCUT2D eigenvalue weighted by Crippen LogP contribution is 2.39. The molecule has 2 saturated carbocycles. The van der Waals surface area contributed by atoms with Crippen molar-refractivity contribution in [2.24, 2.45) is 11.7 Å². The van der Waals surface area contributed by atoms with Crippen LogP contribution in [-0.2, 0) is 5.54 Å². The molecule has 1 heterocycles. The smallest absolute Gasteiger partial charge is 0.153 e. The van der Waals surface area contributed by atoms with Crippen LogP contribution >= 0.6 is 0 Å². The molecule has 106 valence electrons. The number of hydrogen-bond acceptors (Lipinski definition) is 3. The van der Waals surface area contributed by atoms with Crippen molar-refractivity contribution in [2.75, 3.05) is 0 Å². The first kappa shape index (κ1) is 13.1. The maximum Gasteiger partial charge on any atom is 0.153 e. The lowest BCUT2D eigenvalue weighted by atomic mass is 9.77. The zero-order valence-corrected chi connectivity index (χ0v) is 12.2. The Morgan fingerprint density at radius 3 is 2.37 bits per heavy atom. The summed E-state index contributed by atoms with van der Waals surface area (Å²) in [5, 5.41) is 8.80. The standard InChI is InChI=1S/C15H26N4/c1-11-7-9-15(16,10-8-11)14-18-17-12(2)19(14)13-5-3-4-6-13/h11,13H,3-10,16H2,1-2H3. The van der Waals surface area contributed by atoms with Gasteiger partial charge in [-0.2, -0.15) is 0 Å². The summed E-state index contributed by atoms with van der Waals surface area (Å²) in [6.07, 6.45) is 9.72. The predicted molar refractivity (Wildman–Crippen MR) is 75.8 cm³/mol. The van der Waals surface area contributed by atoms with Crippen LogP contribution in [0.15, 0.2) is 0 Å². The van der Waals surface area contributed by atoms with Crippen LogP contribution in [0.25, 0.3) is 0 Å². The van der Waals surface area contributed by atoms with Crippen LogP contribution in [0.2, 0.25) is 0 Å². The molecule has 3 rings (SSSR count). The third kappa shape index (κ3) is 2.31. The molecule has 0 aromatic carbocycles. The SMILES string of the molecule is Cc1nnc(C2(N)CCC(C)CC2)n1C1CCCC1. The van der Waals surface area contributed by atoms with E-state index < -0.39 is 0 Å². The average molecular weight is 262 g/mol. The normalized spacial score (nSPS) is 32.9. The van der Waals surface area contributed by atoms with Crippen molar-refractivity contribution >= 4 is 0 Å². The van der Waals surface area contributed by atoms with Gasteiger partial charge >= 0.3 is 0 Å². The number of aromatic nitrogens is 3. The maximum atomic E-state index is 6.70. The number of nitrogens with two attached hydrogens (primary N) is 1. The molecule has 4 heteroatoms. The first-order valence-electron chi connectivity index (χ1n) is 7.81. The molecule has 2 fully saturated rings. The van der Waals surface area contributed by atoms with Crippen molar-refractivity contribution in [1.82, 2.24) is 14.8 Å². The van der Waals surface area contributed by atoms with Crippen LogP contribution in [-0.4, -0.2) is 14.8 Å². The van der Waals surface area contributed by atoms with Crippen molar-refractivity contribution in [2.45, 2.75) is 76.8 Å². The molecule has 1 aromatic rings. The van der Waals surface area contributed by atoms with Gasteiger partial charge in [0.1, 0.15) is 5.82 Å². The highest BCUT2D eigenvalue weighted by Gasteiger charge is 2.38. The average Bonchev–Trinajstić information content (AvgIpc) is 3.02. The summed E-state index contributed by atoms with van der Waals surface area (Å²) in [5.74, 6) is 2.91. The predicted octanol–water partition coefficient (Wildman–Crippen LogP) is 3.07. The molecule has 2 N–H and O–H groups in total. The fourth-order valence-electron chi connectivity index (χ4n) is 3.81. The zero-order valence-electron chi connectivity index (χ0n) is 12.2. The Morgan fingerprint density at radius 2 is 1.74 bits per heavy atom. The first-order valence-corrected chi connectivity index (χ1v) is 7.81. The van der Waals surface area contributed by atoms with Crippen molar-refractivity contribution in [3.63, 3.8) is 0 Å². The third-order valence-corrected chi connectivity index (χ3v) is 5.17. The van der Waals surface area contributed by atoms with E-state index in [9.17, 15) is 0 Å². The van der Waals surface area contributed by atoms with Crippen molar-refractivity contribution in [1.29, 1.82) is 0 Å². The van der Waals surface area contributed by atoms with Crippen LogP contribution in [0, 0.1) is 12.8 Å². The van der Waals surface area contributed by atoms with Gasteiger partial charge in [-0.25, -0.2) is 0 Å². The summed E-state index contributed by atoms with van der Waals surface area (Å²) in [5.41, 5.74) is 6.46. The Balaban J connectivity index is 1.92. The van der Waals surface area contributed by atoms with E-state index in [1.807, 2.05) is 0 Å². The van der Waals surface area contributed by atoms with Gasteiger partial charge < -0.3 is 10.3 Å². The largest absolute Gasteiger partial charge is 0.319 e. The van der Waals surface area contributed by atoms with Gasteiger partial charge in [0, 0.05) is 6.04 Å². The summed E-state index contributed by atoms with van der Waals surface area (Å²) >= 11 is 0. The Labute approximate surface area is 115 Å². The number of hydrogen-bond donors (Lipinski definition) is 1. The molecule has 0 amide bonds. The molecule has 0 aliphatic heterocycles. The maximum absolute atomic E-state index is 6.70. The van der Waals surface area contributed by atoms with Crippen LogP contribution in [0.3, 0.4) is 0 Å². The minimum Gasteiger partial charge on any atom is -0.319 e. The molecule has 0 unspecified atom stereocenters. The van der Waals surface area contributed by atoms with E-state index in [0.29, 0.717) is 6.04 Å². The van der Waals surface area contributed by atoms with Crippen LogP contribution in [0.4, 0.5) is 0 Å². The second kappa shape index (κ2) is 4.89. The van der Waals surface area contributed by atoms with E-state index >= 15 is 0 Å². The van der Waals surface area contributed by atoms with Gasteiger partial charge in [-0.1, -0.05) is 19.8 Å². The Morgan fingerprint density at radius 1 is 1.11 bits per heavy atom. The van der Waals surface area contributed by atoms with Crippen LogP contribution in [0.5, 0.6) is 0 Å². The van der Waals surface area contributed by atoms with Crippen LogP contribution in [0.1, 0.15) is 76.0 Å². The molecule has 2 aliphatic carbocycles. The molecule has 0 bridgehead atoms. The van der Waals surface area contributed by atoms with Gasteiger partial charge in [-0.3, -0.25) is 0 Å². The highest BCUT2D eigenvalue weighted by molar-refractivity contribution is 5.11. The second-order valence-electron chi connectivity index (χ2n) is 6.72. The Hall–Kier alpha value is -0.900. The summed E-state index contributed by atoms with van der Waals surface area (Å²) in [4.78, 5) is 0. The van der Waals surface area contributed by atoms with E-state index in [-0.39, 0.29) is 5.54 Å². The first-order chi connectivity index (χ1) is 9.10. The molecule has 2 aliphatic rings. The van der Waals surface area contributed by atoms with E-state index in [1.165, 1.54) is 38.5 Å².